The second-order valence-electron chi connectivity index (χ2n) is 6.92. The van der Waals surface area contributed by atoms with Gasteiger partial charge in [0.2, 0.25) is 5.91 Å². The summed E-state index contributed by atoms with van der Waals surface area (Å²) in [6.07, 6.45) is 0.798. The summed E-state index contributed by atoms with van der Waals surface area (Å²) in [7, 11) is 0. The molecule has 8 heteroatoms. The highest BCUT2D eigenvalue weighted by Gasteiger charge is 2.22. The number of nitriles is 1. The van der Waals surface area contributed by atoms with Gasteiger partial charge in [-0.05, 0) is 23.3 Å². The minimum atomic E-state index is -0.626. The van der Waals surface area contributed by atoms with Crippen LogP contribution in [0.25, 0.3) is 0 Å². The van der Waals surface area contributed by atoms with Crippen LogP contribution in [0.15, 0.2) is 59.7 Å². The van der Waals surface area contributed by atoms with Crippen LogP contribution in [0.5, 0.6) is 0 Å². The van der Waals surface area contributed by atoms with Crippen molar-refractivity contribution in [3.8, 4) is 6.07 Å². The maximum atomic E-state index is 12.3. The van der Waals surface area contributed by atoms with E-state index in [1.165, 1.54) is 5.01 Å². The number of esters is 1. The third-order valence-electron chi connectivity index (χ3n) is 4.62. The van der Waals surface area contributed by atoms with Crippen molar-refractivity contribution in [3.05, 3.63) is 65.7 Å². The van der Waals surface area contributed by atoms with Gasteiger partial charge in [0, 0.05) is 18.5 Å². The van der Waals surface area contributed by atoms with Gasteiger partial charge in [-0.2, -0.15) is 10.4 Å². The smallest absolute Gasteiger partial charge is 0.306 e. The predicted octanol–water partition coefficient (Wildman–Crippen LogP) is 2.65. The summed E-state index contributed by atoms with van der Waals surface area (Å²) in [5.41, 5.74) is 3.20. The summed E-state index contributed by atoms with van der Waals surface area (Å²) in [6, 6.07) is 18.5. The Hall–Kier alpha value is -3.99. The molecule has 0 aliphatic carbocycles. The zero-order valence-electron chi connectivity index (χ0n) is 16.9. The molecule has 0 bridgehead atoms. The fraction of sp³-hybridized carbons (Fsp3) is 0.261. The van der Waals surface area contributed by atoms with Gasteiger partial charge in [-0.1, -0.05) is 42.5 Å². The largest absolute Gasteiger partial charge is 0.456 e. The lowest BCUT2D eigenvalue weighted by molar-refractivity contribution is -0.148. The molecular weight excluding hydrogens is 396 g/mol. The highest BCUT2D eigenvalue weighted by Crippen LogP contribution is 2.15. The van der Waals surface area contributed by atoms with Crippen LogP contribution in [0.2, 0.25) is 0 Å². The molecule has 3 rings (SSSR count). The van der Waals surface area contributed by atoms with Gasteiger partial charge < -0.3 is 10.1 Å². The number of benzene rings is 2. The van der Waals surface area contributed by atoms with Crippen molar-refractivity contribution in [1.82, 2.24) is 5.01 Å². The molecule has 31 heavy (non-hydrogen) atoms. The number of carbonyl (C=O) groups is 3. The SMILES string of the molecule is N#CCc1ccc(NC(=O)COC(=O)CCC(=O)N2CCC(c3ccccc3)=N2)cc1. The Bertz CT molecular complexity index is 1010. The molecule has 0 saturated heterocycles. The first-order chi connectivity index (χ1) is 15.0. The number of rotatable bonds is 8. The Morgan fingerprint density at radius 3 is 2.52 bits per heavy atom. The number of amides is 2. The summed E-state index contributed by atoms with van der Waals surface area (Å²) in [4.78, 5) is 36.1. The van der Waals surface area contributed by atoms with E-state index in [-0.39, 0.29) is 18.7 Å². The third kappa shape index (κ3) is 6.51. The third-order valence-corrected chi connectivity index (χ3v) is 4.62. The molecule has 1 N–H and O–H groups in total. The molecule has 2 aromatic rings. The van der Waals surface area contributed by atoms with E-state index < -0.39 is 18.5 Å². The van der Waals surface area contributed by atoms with Gasteiger partial charge in [0.05, 0.1) is 31.2 Å². The molecule has 1 heterocycles. The molecule has 0 aromatic heterocycles. The lowest BCUT2D eigenvalue weighted by Crippen LogP contribution is -2.25. The molecule has 1 aliphatic heterocycles. The first-order valence-electron chi connectivity index (χ1n) is 9.90. The molecule has 0 saturated carbocycles. The van der Waals surface area contributed by atoms with Gasteiger partial charge in [0.25, 0.3) is 5.91 Å². The number of carbonyl (C=O) groups excluding carboxylic acids is 3. The molecule has 0 unspecified atom stereocenters. The van der Waals surface area contributed by atoms with E-state index in [0.29, 0.717) is 25.1 Å². The second kappa shape index (κ2) is 10.7. The first kappa shape index (κ1) is 21.7. The summed E-state index contributed by atoms with van der Waals surface area (Å²) in [5.74, 6) is -1.37. The number of anilines is 1. The average molecular weight is 418 g/mol. The molecule has 0 atom stereocenters. The fourth-order valence-corrected chi connectivity index (χ4v) is 3.02. The van der Waals surface area contributed by atoms with Crippen molar-refractivity contribution < 1.29 is 19.1 Å². The number of nitrogens with zero attached hydrogens (tertiary/aromatic N) is 3. The van der Waals surface area contributed by atoms with E-state index in [9.17, 15) is 14.4 Å². The van der Waals surface area contributed by atoms with Gasteiger partial charge in [-0.15, -0.1) is 0 Å². The van der Waals surface area contributed by atoms with Gasteiger partial charge in [-0.25, -0.2) is 5.01 Å². The number of hydrazone groups is 1. The molecule has 2 amide bonds. The van der Waals surface area contributed by atoms with Crippen molar-refractivity contribution in [2.45, 2.75) is 25.7 Å². The molecule has 0 spiro atoms. The maximum Gasteiger partial charge on any atom is 0.306 e. The summed E-state index contributed by atoms with van der Waals surface area (Å²) < 4.78 is 4.94. The Balaban J connectivity index is 1.38. The summed E-state index contributed by atoms with van der Waals surface area (Å²) >= 11 is 0. The average Bonchev–Trinajstić information content (AvgIpc) is 3.29. The molecule has 158 valence electrons. The van der Waals surface area contributed by atoms with Gasteiger partial charge in [0.1, 0.15) is 0 Å². The number of hydrogen-bond donors (Lipinski definition) is 1. The molecular formula is C23H22N4O4. The van der Waals surface area contributed by atoms with Crippen LogP contribution in [0.4, 0.5) is 5.69 Å². The first-order valence-corrected chi connectivity index (χ1v) is 9.90. The Morgan fingerprint density at radius 1 is 1.06 bits per heavy atom. The molecule has 2 aromatic carbocycles. The molecule has 1 aliphatic rings. The van der Waals surface area contributed by atoms with Gasteiger partial charge in [0.15, 0.2) is 6.61 Å². The van der Waals surface area contributed by atoms with Crippen LogP contribution in [-0.4, -0.2) is 41.7 Å². The van der Waals surface area contributed by atoms with E-state index in [1.807, 2.05) is 36.4 Å². The molecule has 0 radical (unpaired) electrons. The van der Waals surface area contributed by atoms with Gasteiger partial charge in [-0.3, -0.25) is 14.4 Å². The van der Waals surface area contributed by atoms with E-state index in [2.05, 4.69) is 10.4 Å². The van der Waals surface area contributed by atoms with Crippen LogP contribution < -0.4 is 5.32 Å². The normalized spacial score (nSPS) is 12.6. The van der Waals surface area contributed by atoms with Crippen LogP contribution in [0.3, 0.4) is 0 Å². The Kier molecular flexibility index (Phi) is 7.49. The minimum Gasteiger partial charge on any atom is -0.456 e. The zero-order valence-corrected chi connectivity index (χ0v) is 16.9. The fourth-order valence-electron chi connectivity index (χ4n) is 3.02. The lowest BCUT2D eigenvalue weighted by Gasteiger charge is -2.11. The second-order valence-corrected chi connectivity index (χ2v) is 6.92. The zero-order chi connectivity index (χ0) is 22.1. The van der Waals surface area contributed by atoms with Crippen LogP contribution in [0, 0.1) is 11.3 Å². The Morgan fingerprint density at radius 2 is 1.81 bits per heavy atom. The van der Waals surface area contributed by atoms with Crippen molar-refractivity contribution >= 4 is 29.2 Å². The number of nitrogens with one attached hydrogen (secondary N) is 1. The van der Waals surface area contributed by atoms with Crippen LogP contribution >= 0.6 is 0 Å². The van der Waals surface area contributed by atoms with E-state index >= 15 is 0 Å². The number of hydrogen-bond acceptors (Lipinski definition) is 6. The monoisotopic (exact) mass is 418 g/mol. The van der Waals surface area contributed by atoms with Gasteiger partial charge >= 0.3 is 5.97 Å². The van der Waals surface area contributed by atoms with Crippen molar-refractivity contribution in [2.75, 3.05) is 18.5 Å². The lowest BCUT2D eigenvalue weighted by atomic mass is 10.1. The predicted molar refractivity (Wildman–Crippen MR) is 114 cm³/mol. The van der Waals surface area contributed by atoms with E-state index in [4.69, 9.17) is 10.00 Å². The molecule has 8 nitrogen and oxygen atoms in total. The number of ether oxygens (including phenoxy) is 1. The highest BCUT2D eigenvalue weighted by atomic mass is 16.5. The summed E-state index contributed by atoms with van der Waals surface area (Å²) in [5, 5.41) is 17.0. The van der Waals surface area contributed by atoms with Crippen LogP contribution in [0.1, 0.15) is 30.4 Å². The van der Waals surface area contributed by atoms with Crippen molar-refractivity contribution in [1.29, 1.82) is 5.26 Å². The quantitative estimate of drug-likeness (QED) is 0.663. The molecule has 0 fully saturated rings. The standard InChI is InChI=1S/C23H22N4O4/c24-14-12-17-6-8-19(9-7-17)25-21(28)16-31-23(30)11-10-22(29)27-15-13-20(26-27)18-4-2-1-3-5-18/h1-9H,10-13,15-16H2,(H,25,28). The Labute approximate surface area is 180 Å². The topological polar surface area (TPSA) is 112 Å². The van der Waals surface area contributed by atoms with E-state index in [0.717, 1.165) is 16.8 Å². The van der Waals surface area contributed by atoms with Crippen molar-refractivity contribution in [3.63, 3.8) is 0 Å². The summed E-state index contributed by atoms with van der Waals surface area (Å²) in [6.45, 7) is 0.0423. The van der Waals surface area contributed by atoms with E-state index in [1.54, 1.807) is 24.3 Å². The maximum absolute atomic E-state index is 12.3. The van der Waals surface area contributed by atoms with Crippen molar-refractivity contribution in [2.24, 2.45) is 5.10 Å². The minimum absolute atomic E-state index is 0.0353. The highest BCUT2D eigenvalue weighted by molar-refractivity contribution is 6.02. The van der Waals surface area contributed by atoms with Crippen LogP contribution in [-0.2, 0) is 25.5 Å².